The molecule has 0 fully saturated rings. The van der Waals surface area contributed by atoms with Crippen LogP contribution in [0.5, 0.6) is 0 Å². The predicted molar refractivity (Wildman–Crippen MR) is 85.7 cm³/mol. The molecule has 1 N–H and O–H groups in total. The summed E-state index contributed by atoms with van der Waals surface area (Å²) in [5.41, 5.74) is 0.744. The Morgan fingerprint density at radius 2 is 1.67 bits per heavy atom. The second-order valence-corrected chi connectivity index (χ2v) is 6.00. The monoisotopic (exact) mass is 298 g/mol. The van der Waals surface area contributed by atoms with Gasteiger partial charge in [-0.25, -0.2) is 8.78 Å². The minimum atomic E-state index is -0.472. The molecule has 1 unspecified atom stereocenters. The molecular weight excluding hydrogens is 270 g/mol. The highest BCUT2D eigenvalue weighted by Gasteiger charge is 2.18. The number of hydrogen-bond acceptors (Lipinski definition) is 2. The second-order valence-electron chi connectivity index (χ2n) is 6.00. The van der Waals surface area contributed by atoms with E-state index in [1.54, 1.807) is 4.90 Å². The third kappa shape index (κ3) is 5.27. The molecule has 0 aliphatic rings. The third-order valence-electron chi connectivity index (χ3n) is 3.72. The summed E-state index contributed by atoms with van der Waals surface area (Å²) in [6.07, 6.45) is 0.996. The molecule has 0 aromatic heterocycles. The molecule has 0 heterocycles. The number of rotatable bonds is 8. The average molecular weight is 298 g/mol. The van der Waals surface area contributed by atoms with Crippen molar-refractivity contribution in [2.24, 2.45) is 5.92 Å². The van der Waals surface area contributed by atoms with Gasteiger partial charge in [-0.05, 0) is 30.5 Å². The quantitative estimate of drug-likeness (QED) is 0.768. The first kappa shape index (κ1) is 17.9. The summed E-state index contributed by atoms with van der Waals surface area (Å²) in [4.78, 5) is 1.79. The van der Waals surface area contributed by atoms with Crippen LogP contribution in [-0.2, 0) is 6.54 Å². The highest BCUT2D eigenvalue weighted by Crippen LogP contribution is 2.26. The first-order valence-corrected chi connectivity index (χ1v) is 7.85. The van der Waals surface area contributed by atoms with Crippen LogP contribution in [0.1, 0.15) is 46.6 Å². The van der Waals surface area contributed by atoms with Crippen molar-refractivity contribution >= 4 is 5.69 Å². The maximum absolute atomic E-state index is 14.3. The third-order valence-corrected chi connectivity index (χ3v) is 3.72. The summed E-state index contributed by atoms with van der Waals surface area (Å²) in [6.45, 7) is 11.9. The van der Waals surface area contributed by atoms with E-state index in [1.165, 1.54) is 12.1 Å². The zero-order chi connectivity index (χ0) is 16.0. The summed E-state index contributed by atoms with van der Waals surface area (Å²) in [5, 5.41) is 3.17. The van der Waals surface area contributed by atoms with Crippen molar-refractivity contribution in [2.75, 3.05) is 18.0 Å². The highest BCUT2D eigenvalue weighted by molar-refractivity contribution is 5.50. The van der Waals surface area contributed by atoms with Gasteiger partial charge in [0.2, 0.25) is 0 Å². The maximum atomic E-state index is 14.3. The first-order valence-electron chi connectivity index (χ1n) is 7.85. The van der Waals surface area contributed by atoms with E-state index in [1.807, 2.05) is 20.8 Å². The van der Waals surface area contributed by atoms with Gasteiger partial charge in [-0.3, -0.25) is 0 Å². The Bertz CT molecular complexity index is 423. The Balaban J connectivity index is 2.96. The minimum absolute atomic E-state index is 0.103. The van der Waals surface area contributed by atoms with Gasteiger partial charge in [-0.2, -0.15) is 0 Å². The fraction of sp³-hybridized carbons (Fsp3) is 0.647. The molecule has 1 atom stereocenters. The lowest BCUT2D eigenvalue weighted by Crippen LogP contribution is -2.30. The number of halogens is 2. The normalized spacial score (nSPS) is 12.8. The fourth-order valence-electron chi connectivity index (χ4n) is 2.23. The van der Waals surface area contributed by atoms with E-state index in [-0.39, 0.29) is 11.7 Å². The van der Waals surface area contributed by atoms with Crippen LogP contribution in [0, 0.1) is 17.6 Å². The van der Waals surface area contributed by atoms with Crippen molar-refractivity contribution < 1.29 is 8.78 Å². The molecule has 0 saturated carbocycles. The lowest BCUT2D eigenvalue weighted by atomic mass is 10.1. The zero-order valence-corrected chi connectivity index (χ0v) is 13.8. The SMILES string of the molecule is CCC(C)CN(CC)c1c(F)cc(CNC(C)C)cc1F. The standard InChI is InChI=1S/C17H28F2N2/c1-6-13(5)11-21(7-2)17-15(18)8-14(9-16(17)19)10-20-12(3)4/h8-9,12-13,20H,6-7,10-11H2,1-5H3. The van der Waals surface area contributed by atoms with Gasteiger partial charge < -0.3 is 10.2 Å². The lowest BCUT2D eigenvalue weighted by Gasteiger charge is -2.27. The van der Waals surface area contributed by atoms with Gasteiger partial charge in [0.15, 0.2) is 0 Å². The zero-order valence-electron chi connectivity index (χ0n) is 13.8. The van der Waals surface area contributed by atoms with Gasteiger partial charge in [-0.1, -0.05) is 34.1 Å². The minimum Gasteiger partial charge on any atom is -0.367 e. The topological polar surface area (TPSA) is 15.3 Å². The van der Waals surface area contributed by atoms with Crippen LogP contribution in [-0.4, -0.2) is 19.1 Å². The van der Waals surface area contributed by atoms with E-state index < -0.39 is 11.6 Å². The van der Waals surface area contributed by atoms with Crippen LogP contribution < -0.4 is 10.2 Å². The predicted octanol–water partition coefficient (Wildman–Crippen LogP) is 4.34. The summed E-state index contributed by atoms with van der Waals surface area (Å²) >= 11 is 0. The van der Waals surface area contributed by atoms with Crippen molar-refractivity contribution in [3.63, 3.8) is 0 Å². The molecule has 21 heavy (non-hydrogen) atoms. The number of anilines is 1. The number of benzene rings is 1. The molecule has 0 radical (unpaired) electrons. The van der Waals surface area contributed by atoms with E-state index in [0.717, 1.165) is 6.42 Å². The number of hydrogen-bond donors (Lipinski definition) is 1. The van der Waals surface area contributed by atoms with Crippen LogP contribution in [0.15, 0.2) is 12.1 Å². The molecule has 0 saturated heterocycles. The first-order chi connectivity index (χ1) is 9.88. The molecule has 2 nitrogen and oxygen atoms in total. The van der Waals surface area contributed by atoms with Crippen molar-refractivity contribution in [3.05, 3.63) is 29.3 Å². The fourth-order valence-corrected chi connectivity index (χ4v) is 2.23. The van der Waals surface area contributed by atoms with Crippen molar-refractivity contribution in [2.45, 2.75) is 53.6 Å². The van der Waals surface area contributed by atoms with Gasteiger partial charge in [-0.15, -0.1) is 0 Å². The van der Waals surface area contributed by atoms with Crippen LogP contribution in [0.2, 0.25) is 0 Å². The molecule has 4 heteroatoms. The molecule has 1 aromatic carbocycles. The highest BCUT2D eigenvalue weighted by atomic mass is 19.1. The molecule has 0 amide bonds. The smallest absolute Gasteiger partial charge is 0.149 e. The average Bonchev–Trinajstić information content (AvgIpc) is 2.42. The van der Waals surface area contributed by atoms with Crippen molar-refractivity contribution in [1.29, 1.82) is 0 Å². The van der Waals surface area contributed by atoms with Crippen molar-refractivity contribution in [1.82, 2.24) is 5.32 Å². The molecule has 1 aromatic rings. The molecule has 0 aliphatic carbocycles. The molecule has 0 bridgehead atoms. The molecule has 1 rings (SSSR count). The van der Waals surface area contributed by atoms with E-state index >= 15 is 0 Å². The summed E-state index contributed by atoms with van der Waals surface area (Å²) < 4.78 is 28.6. The Morgan fingerprint density at radius 3 is 2.10 bits per heavy atom. The van der Waals surface area contributed by atoms with E-state index in [9.17, 15) is 8.78 Å². The van der Waals surface area contributed by atoms with Crippen LogP contribution in [0.4, 0.5) is 14.5 Å². The van der Waals surface area contributed by atoms with Crippen LogP contribution >= 0.6 is 0 Å². The largest absolute Gasteiger partial charge is 0.367 e. The van der Waals surface area contributed by atoms with Gasteiger partial charge >= 0.3 is 0 Å². The summed E-state index contributed by atoms with van der Waals surface area (Å²) in [6, 6.07) is 3.16. The van der Waals surface area contributed by atoms with Gasteiger partial charge in [0.05, 0.1) is 0 Å². The van der Waals surface area contributed by atoms with E-state index in [2.05, 4.69) is 19.2 Å². The Labute approximate surface area is 127 Å². The van der Waals surface area contributed by atoms with Crippen LogP contribution in [0.25, 0.3) is 0 Å². The Hall–Kier alpha value is -1.16. The number of nitrogens with zero attached hydrogens (tertiary/aromatic N) is 1. The summed E-state index contributed by atoms with van der Waals surface area (Å²) in [7, 11) is 0. The molecule has 120 valence electrons. The summed E-state index contributed by atoms with van der Waals surface area (Å²) in [5.74, 6) is -0.535. The lowest BCUT2D eigenvalue weighted by molar-refractivity contribution is 0.518. The molecular formula is C17H28F2N2. The van der Waals surface area contributed by atoms with Crippen LogP contribution in [0.3, 0.4) is 0 Å². The van der Waals surface area contributed by atoms with E-state index in [0.29, 0.717) is 31.1 Å². The van der Waals surface area contributed by atoms with Crippen molar-refractivity contribution in [3.8, 4) is 0 Å². The molecule has 0 aliphatic heterocycles. The maximum Gasteiger partial charge on any atom is 0.149 e. The second kappa shape index (κ2) is 8.32. The Kier molecular flexibility index (Phi) is 7.09. The number of nitrogens with one attached hydrogen (secondary N) is 1. The van der Waals surface area contributed by atoms with E-state index in [4.69, 9.17) is 0 Å². The Morgan fingerprint density at radius 1 is 1.10 bits per heavy atom. The van der Waals surface area contributed by atoms with Gasteiger partial charge in [0.1, 0.15) is 17.3 Å². The molecule has 0 spiro atoms. The van der Waals surface area contributed by atoms with Gasteiger partial charge in [0, 0.05) is 25.7 Å². The van der Waals surface area contributed by atoms with Gasteiger partial charge in [0.25, 0.3) is 0 Å².